The molecule has 140 valence electrons. The van der Waals surface area contributed by atoms with Crippen LogP contribution < -0.4 is 10.9 Å². The van der Waals surface area contributed by atoms with Gasteiger partial charge in [-0.15, -0.1) is 10.2 Å². The Morgan fingerprint density at radius 3 is 3.00 bits per heavy atom. The van der Waals surface area contributed by atoms with Gasteiger partial charge in [0.15, 0.2) is 5.82 Å². The Kier molecular flexibility index (Phi) is 4.73. The van der Waals surface area contributed by atoms with Crippen LogP contribution in [0.2, 0.25) is 0 Å². The van der Waals surface area contributed by atoms with Crippen molar-refractivity contribution < 1.29 is 4.79 Å². The summed E-state index contributed by atoms with van der Waals surface area (Å²) in [5, 5.41) is 15.0. The van der Waals surface area contributed by atoms with E-state index in [0.717, 1.165) is 38.1 Å². The Labute approximate surface area is 153 Å². The summed E-state index contributed by atoms with van der Waals surface area (Å²) in [6, 6.07) is 0. The fraction of sp³-hybridized carbons (Fsp3) is 0.438. The molecule has 4 heterocycles. The molecule has 0 spiro atoms. The second-order valence-corrected chi connectivity index (χ2v) is 6.34. The fourth-order valence-electron chi connectivity index (χ4n) is 3.07. The summed E-state index contributed by atoms with van der Waals surface area (Å²) in [5.41, 5.74) is -0.550. The second-order valence-electron chi connectivity index (χ2n) is 6.34. The smallest absolute Gasteiger partial charge is 0.263 e. The zero-order valence-corrected chi connectivity index (χ0v) is 14.6. The van der Waals surface area contributed by atoms with Crippen molar-refractivity contribution in [2.24, 2.45) is 0 Å². The maximum atomic E-state index is 12.4. The Balaban J connectivity index is 1.43. The van der Waals surface area contributed by atoms with Gasteiger partial charge in [-0.25, -0.2) is 14.6 Å². The number of nitrogens with zero attached hydrogens (tertiary/aromatic N) is 7. The average Bonchev–Trinajstić information content (AvgIpc) is 3.24. The van der Waals surface area contributed by atoms with Crippen LogP contribution >= 0.6 is 0 Å². The van der Waals surface area contributed by atoms with Crippen molar-refractivity contribution in [1.29, 1.82) is 0 Å². The summed E-state index contributed by atoms with van der Waals surface area (Å²) >= 11 is 0. The maximum Gasteiger partial charge on any atom is 0.263 e. The molecule has 3 aromatic heterocycles. The highest BCUT2D eigenvalue weighted by molar-refractivity contribution is 5.93. The first-order valence-electron chi connectivity index (χ1n) is 8.80. The largest absolute Gasteiger partial charge is 0.345 e. The summed E-state index contributed by atoms with van der Waals surface area (Å²) in [7, 11) is 0. The molecule has 0 fully saturated rings. The maximum absolute atomic E-state index is 12.4. The number of nitrogens with one attached hydrogen (secondary N) is 2. The van der Waals surface area contributed by atoms with Crippen LogP contribution in [0.15, 0.2) is 23.6 Å². The quantitative estimate of drug-likeness (QED) is 0.627. The van der Waals surface area contributed by atoms with Gasteiger partial charge in [0.05, 0.1) is 6.54 Å². The van der Waals surface area contributed by atoms with E-state index in [-0.39, 0.29) is 18.7 Å². The molecule has 1 aliphatic heterocycles. The van der Waals surface area contributed by atoms with Crippen molar-refractivity contribution >= 4 is 5.91 Å². The van der Waals surface area contributed by atoms with Gasteiger partial charge in [-0.05, 0) is 12.8 Å². The van der Waals surface area contributed by atoms with Gasteiger partial charge in [-0.1, -0.05) is 6.42 Å². The van der Waals surface area contributed by atoms with Crippen molar-refractivity contribution in [3.63, 3.8) is 0 Å². The SMILES string of the molecule is O=C(NCc1nnc2n1CCCCC2)c1cnc(Cn2cncn2)[nH]c1=O. The zero-order chi connectivity index (χ0) is 18.6. The Hall–Kier alpha value is -3.37. The van der Waals surface area contributed by atoms with Crippen LogP contribution in [0.4, 0.5) is 0 Å². The molecule has 27 heavy (non-hydrogen) atoms. The van der Waals surface area contributed by atoms with Gasteiger partial charge in [-0.3, -0.25) is 9.59 Å². The van der Waals surface area contributed by atoms with Gasteiger partial charge >= 0.3 is 0 Å². The number of carbonyl (C=O) groups is 1. The van der Waals surface area contributed by atoms with E-state index in [0.29, 0.717) is 11.6 Å². The summed E-state index contributed by atoms with van der Waals surface area (Å²) in [5.74, 6) is 1.55. The Morgan fingerprint density at radius 1 is 1.26 bits per heavy atom. The average molecular weight is 369 g/mol. The summed E-state index contributed by atoms with van der Waals surface area (Å²) in [4.78, 5) is 35.1. The summed E-state index contributed by atoms with van der Waals surface area (Å²) < 4.78 is 3.58. The summed E-state index contributed by atoms with van der Waals surface area (Å²) in [6.07, 6.45) is 8.42. The molecule has 0 unspecified atom stereocenters. The number of carbonyl (C=O) groups excluding carboxylic acids is 1. The Morgan fingerprint density at radius 2 is 2.19 bits per heavy atom. The minimum Gasteiger partial charge on any atom is -0.345 e. The number of H-pyrrole nitrogens is 1. The topological polar surface area (TPSA) is 136 Å². The number of aromatic amines is 1. The third kappa shape index (κ3) is 3.76. The highest BCUT2D eigenvalue weighted by atomic mass is 16.2. The van der Waals surface area contributed by atoms with E-state index in [1.807, 2.05) is 0 Å². The predicted octanol–water partition coefficient (Wildman–Crippen LogP) is -0.342. The highest BCUT2D eigenvalue weighted by Crippen LogP contribution is 2.14. The minimum atomic E-state index is -0.502. The fourth-order valence-corrected chi connectivity index (χ4v) is 3.07. The molecular formula is C16H19N9O2. The minimum absolute atomic E-state index is 0.0482. The molecule has 1 aliphatic rings. The van der Waals surface area contributed by atoms with E-state index < -0.39 is 11.5 Å². The number of aryl methyl sites for hydroxylation is 1. The molecule has 0 bridgehead atoms. The predicted molar refractivity (Wildman–Crippen MR) is 92.7 cm³/mol. The first-order valence-corrected chi connectivity index (χ1v) is 8.80. The van der Waals surface area contributed by atoms with Gasteiger partial charge in [0.2, 0.25) is 0 Å². The van der Waals surface area contributed by atoms with E-state index >= 15 is 0 Å². The lowest BCUT2D eigenvalue weighted by atomic mass is 10.2. The van der Waals surface area contributed by atoms with E-state index in [9.17, 15) is 9.59 Å². The van der Waals surface area contributed by atoms with Crippen LogP contribution in [0.3, 0.4) is 0 Å². The van der Waals surface area contributed by atoms with Gasteiger partial charge < -0.3 is 14.9 Å². The van der Waals surface area contributed by atoms with Crippen LogP contribution in [-0.4, -0.2) is 45.4 Å². The molecule has 0 radical (unpaired) electrons. The number of rotatable bonds is 5. The molecule has 11 heteroatoms. The van der Waals surface area contributed by atoms with Crippen molar-refractivity contribution in [3.05, 3.63) is 52.2 Å². The van der Waals surface area contributed by atoms with Crippen LogP contribution in [0.1, 0.15) is 47.1 Å². The van der Waals surface area contributed by atoms with E-state index in [1.165, 1.54) is 23.5 Å². The first kappa shape index (κ1) is 17.1. The first-order chi connectivity index (χ1) is 13.2. The summed E-state index contributed by atoms with van der Waals surface area (Å²) in [6.45, 7) is 1.33. The molecule has 0 saturated carbocycles. The normalized spacial score (nSPS) is 13.8. The van der Waals surface area contributed by atoms with Crippen molar-refractivity contribution in [2.75, 3.05) is 0 Å². The highest BCUT2D eigenvalue weighted by Gasteiger charge is 2.17. The third-order valence-corrected chi connectivity index (χ3v) is 4.47. The number of hydrogen-bond acceptors (Lipinski definition) is 7. The second kappa shape index (κ2) is 7.48. The lowest BCUT2D eigenvalue weighted by Gasteiger charge is -2.08. The molecule has 3 aromatic rings. The Bertz CT molecular complexity index is 990. The number of aromatic nitrogens is 8. The van der Waals surface area contributed by atoms with Crippen LogP contribution in [0.5, 0.6) is 0 Å². The van der Waals surface area contributed by atoms with Crippen molar-refractivity contribution in [2.45, 2.75) is 45.3 Å². The number of hydrogen-bond donors (Lipinski definition) is 2. The van der Waals surface area contributed by atoms with Crippen molar-refractivity contribution in [1.82, 2.24) is 44.8 Å². The van der Waals surface area contributed by atoms with Crippen LogP contribution in [0.25, 0.3) is 0 Å². The van der Waals surface area contributed by atoms with E-state index in [2.05, 4.69) is 40.1 Å². The zero-order valence-electron chi connectivity index (χ0n) is 14.6. The van der Waals surface area contributed by atoms with Gasteiger partial charge in [0.25, 0.3) is 11.5 Å². The molecule has 2 N–H and O–H groups in total. The molecule has 0 saturated heterocycles. The lowest BCUT2D eigenvalue weighted by Crippen LogP contribution is -2.31. The number of fused-ring (bicyclic) bond motifs is 1. The van der Waals surface area contributed by atoms with E-state index in [1.54, 1.807) is 0 Å². The van der Waals surface area contributed by atoms with Crippen LogP contribution in [-0.2, 0) is 26.1 Å². The van der Waals surface area contributed by atoms with Gasteiger partial charge in [-0.2, -0.15) is 5.10 Å². The lowest BCUT2D eigenvalue weighted by molar-refractivity contribution is 0.0947. The van der Waals surface area contributed by atoms with Crippen molar-refractivity contribution in [3.8, 4) is 0 Å². The molecule has 11 nitrogen and oxygen atoms in total. The number of amides is 1. The standard InChI is InChI=1S/C16H19N9O2/c26-15(19-7-14-23-22-13-4-2-1-3-5-25(13)14)11-6-18-12(21-16(11)27)8-24-10-17-9-20-24/h6,9-10H,1-5,7-8H2,(H,19,26)(H,18,21,27). The van der Waals surface area contributed by atoms with Gasteiger partial charge in [0, 0.05) is 19.2 Å². The third-order valence-electron chi connectivity index (χ3n) is 4.47. The van der Waals surface area contributed by atoms with E-state index in [4.69, 9.17) is 0 Å². The molecule has 4 rings (SSSR count). The van der Waals surface area contributed by atoms with Crippen LogP contribution in [0, 0.1) is 0 Å². The monoisotopic (exact) mass is 369 g/mol. The molecule has 1 amide bonds. The molecule has 0 aromatic carbocycles. The van der Waals surface area contributed by atoms with Gasteiger partial charge in [0.1, 0.15) is 36.4 Å². The molecular weight excluding hydrogens is 350 g/mol. The molecule has 0 aliphatic carbocycles. The molecule has 0 atom stereocenters.